The smallest absolute Gasteiger partial charge is 0.343 e. The highest BCUT2D eigenvalue weighted by atomic mass is 16.5. The van der Waals surface area contributed by atoms with Crippen LogP contribution in [0, 0.1) is 0 Å². The highest BCUT2D eigenvalue weighted by molar-refractivity contribution is 6.08. The number of anilines is 1. The number of phenolic OH excluding ortho intramolecular Hbond substituents is 1. The summed E-state index contributed by atoms with van der Waals surface area (Å²) in [6.45, 7) is 0. The van der Waals surface area contributed by atoms with E-state index in [0.717, 1.165) is 10.8 Å². The molecule has 4 rings (SSSR count). The van der Waals surface area contributed by atoms with Crippen molar-refractivity contribution in [3.8, 4) is 11.5 Å². The van der Waals surface area contributed by atoms with Gasteiger partial charge in [0.2, 0.25) is 0 Å². The normalized spacial score (nSPS) is 10.5. The van der Waals surface area contributed by atoms with E-state index in [0.29, 0.717) is 17.0 Å². The molecule has 4 aromatic carbocycles. The molecule has 0 aliphatic carbocycles. The van der Waals surface area contributed by atoms with Crippen LogP contribution in [-0.4, -0.2) is 17.0 Å². The molecule has 4 aromatic rings. The summed E-state index contributed by atoms with van der Waals surface area (Å²) < 4.78 is 5.32. The SMILES string of the molecule is O=C(Oc1ccc(NC(=O)c2cc3ccccc3cc2O)cc1)c1ccccc1. The summed E-state index contributed by atoms with van der Waals surface area (Å²) in [7, 11) is 0. The second-order valence-corrected chi connectivity index (χ2v) is 6.45. The number of ether oxygens (including phenoxy) is 1. The molecule has 0 spiro atoms. The summed E-state index contributed by atoms with van der Waals surface area (Å²) in [5, 5.41) is 14.6. The number of fused-ring (bicyclic) bond motifs is 1. The van der Waals surface area contributed by atoms with Gasteiger partial charge in [-0.15, -0.1) is 0 Å². The number of hydrogen-bond donors (Lipinski definition) is 2. The van der Waals surface area contributed by atoms with Gasteiger partial charge in [0.1, 0.15) is 11.5 Å². The molecule has 2 N–H and O–H groups in total. The van der Waals surface area contributed by atoms with Crippen molar-refractivity contribution in [1.29, 1.82) is 0 Å². The summed E-state index contributed by atoms with van der Waals surface area (Å²) in [5.41, 5.74) is 1.15. The van der Waals surface area contributed by atoms with Crippen LogP contribution < -0.4 is 10.1 Å². The van der Waals surface area contributed by atoms with Crippen LogP contribution in [0.4, 0.5) is 5.69 Å². The van der Waals surface area contributed by atoms with Crippen molar-refractivity contribution in [1.82, 2.24) is 0 Å². The van der Waals surface area contributed by atoms with Gasteiger partial charge in [-0.05, 0) is 59.3 Å². The summed E-state index contributed by atoms with van der Waals surface area (Å²) in [5.74, 6) is -0.606. The fraction of sp³-hybridized carbons (Fsp3) is 0. The van der Waals surface area contributed by atoms with Crippen molar-refractivity contribution in [2.24, 2.45) is 0 Å². The van der Waals surface area contributed by atoms with Crippen molar-refractivity contribution in [2.75, 3.05) is 5.32 Å². The Labute approximate surface area is 167 Å². The molecule has 0 unspecified atom stereocenters. The average Bonchev–Trinajstić information content (AvgIpc) is 2.75. The topological polar surface area (TPSA) is 75.6 Å². The minimum Gasteiger partial charge on any atom is -0.507 e. The predicted molar refractivity (Wildman–Crippen MR) is 111 cm³/mol. The lowest BCUT2D eigenvalue weighted by atomic mass is 10.1. The van der Waals surface area contributed by atoms with Gasteiger partial charge in [0.25, 0.3) is 5.91 Å². The van der Waals surface area contributed by atoms with E-state index in [4.69, 9.17) is 4.74 Å². The Morgan fingerprint density at radius 3 is 2.07 bits per heavy atom. The second-order valence-electron chi connectivity index (χ2n) is 6.45. The third-order valence-corrected chi connectivity index (χ3v) is 4.44. The maximum Gasteiger partial charge on any atom is 0.343 e. The Morgan fingerprint density at radius 2 is 1.38 bits per heavy atom. The van der Waals surface area contributed by atoms with E-state index in [9.17, 15) is 14.7 Å². The number of nitrogens with one attached hydrogen (secondary N) is 1. The molecule has 142 valence electrons. The monoisotopic (exact) mass is 383 g/mol. The van der Waals surface area contributed by atoms with Crippen LogP contribution in [0.15, 0.2) is 91.0 Å². The highest BCUT2D eigenvalue weighted by Gasteiger charge is 2.13. The van der Waals surface area contributed by atoms with E-state index in [-0.39, 0.29) is 11.3 Å². The number of benzene rings is 4. The molecule has 0 aromatic heterocycles. The highest BCUT2D eigenvalue weighted by Crippen LogP contribution is 2.26. The molecule has 0 heterocycles. The van der Waals surface area contributed by atoms with E-state index in [1.165, 1.54) is 0 Å². The quantitative estimate of drug-likeness (QED) is 0.383. The van der Waals surface area contributed by atoms with Gasteiger partial charge >= 0.3 is 5.97 Å². The molecule has 0 saturated heterocycles. The second kappa shape index (κ2) is 7.86. The van der Waals surface area contributed by atoms with E-state index < -0.39 is 11.9 Å². The average molecular weight is 383 g/mol. The van der Waals surface area contributed by atoms with Gasteiger partial charge in [-0.3, -0.25) is 4.79 Å². The molecule has 0 atom stereocenters. The molecule has 29 heavy (non-hydrogen) atoms. The van der Waals surface area contributed by atoms with Crippen LogP contribution in [0.1, 0.15) is 20.7 Å². The first kappa shape index (κ1) is 18.3. The number of rotatable bonds is 4. The molecular formula is C24H17NO4. The summed E-state index contributed by atoms with van der Waals surface area (Å²) in [6.07, 6.45) is 0. The predicted octanol–water partition coefficient (Wildman–Crippen LogP) is 5.02. The number of phenols is 1. The van der Waals surface area contributed by atoms with Crippen molar-refractivity contribution < 1.29 is 19.4 Å². The third kappa shape index (κ3) is 4.09. The molecule has 0 fully saturated rings. The molecule has 1 amide bonds. The summed E-state index contributed by atoms with van der Waals surface area (Å²) >= 11 is 0. The Hall–Kier alpha value is -4.12. The van der Waals surface area contributed by atoms with Crippen molar-refractivity contribution in [2.45, 2.75) is 0 Å². The number of hydrogen-bond acceptors (Lipinski definition) is 4. The lowest BCUT2D eigenvalue weighted by molar-refractivity contribution is 0.0734. The maximum atomic E-state index is 12.6. The zero-order valence-corrected chi connectivity index (χ0v) is 15.3. The molecule has 0 saturated carbocycles. The number of aromatic hydroxyl groups is 1. The lowest BCUT2D eigenvalue weighted by Crippen LogP contribution is -2.12. The van der Waals surface area contributed by atoms with Crippen LogP contribution in [-0.2, 0) is 0 Å². The molecule has 0 aliphatic rings. The number of carbonyl (C=O) groups excluding carboxylic acids is 2. The van der Waals surface area contributed by atoms with Gasteiger partial charge in [0.15, 0.2) is 0 Å². The first-order valence-corrected chi connectivity index (χ1v) is 9.00. The Bertz CT molecular complexity index is 1180. The lowest BCUT2D eigenvalue weighted by Gasteiger charge is -2.09. The molecule has 0 aliphatic heterocycles. The zero-order chi connectivity index (χ0) is 20.2. The fourth-order valence-electron chi connectivity index (χ4n) is 2.96. The first-order valence-electron chi connectivity index (χ1n) is 9.00. The van der Waals surface area contributed by atoms with E-state index >= 15 is 0 Å². The van der Waals surface area contributed by atoms with Gasteiger partial charge in [-0.1, -0.05) is 42.5 Å². The summed E-state index contributed by atoms with van der Waals surface area (Å²) in [6, 6.07) is 25.8. The van der Waals surface area contributed by atoms with Crippen LogP contribution >= 0.6 is 0 Å². The summed E-state index contributed by atoms with van der Waals surface area (Å²) in [4.78, 5) is 24.7. The fourth-order valence-corrected chi connectivity index (χ4v) is 2.96. The third-order valence-electron chi connectivity index (χ3n) is 4.44. The number of amides is 1. The van der Waals surface area contributed by atoms with Crippen molar-refractivity contribution in [3.63, 3.8) is 0 Å². The minimum absolute atomic E-state index is 0.0883. The Balaban J connectivity index is 1.47. The Kier molecular flexibility index (Phi) is 4.95. The molecule has 0 radical (unpaired) electrons. The number of carbonyl (C=O) groups is 2. The maximum absolute atomic E-state index is 12.6. The van der Waals surface area contributed by atoms with Gasteiger partial charge < -0.3 is 15.2 Å². The molecule has 5 heteroatoms. The minimum atomic E-state index is -0.455. The van der Waals surface area contributed by atoms with Crippen LogP contribution in [0.5, 0.6) is 11.5 Å². The van der Waals surface area contributed by atoms with Crippen LogP contribution in [0.25, 0.3) is 10.8 Å². The van der Waals surface area contributed by atoms with Gasteiger partial charge in [0, 0.05) is 5.69 Å². The van der Waals surface area contributed by atoms with Crippen LogP contribution in [0.2, 0.25) is 0 Å². The first-order chi connectivity index (χ1) is 14.1. The van der Waals surface area contributed by atoms with E-state index in [1.807, 2.05) is 30.3 Å². The standard InChI is InChI=1S/C24H17NO4/c26-22-15-18-9-5-4-8-17(18)14-21(22)23(27)25-19-10-12-20(13-11-19)29-24(28)16-6-2-1-3-7-16/h1-15,26H,(H,25,27). The number of esters is 1. The van der Waals surface area contributed by atoms with Gasteiger partial charge in [-0.25, -0.2) is 4.79 Å². The van der Waals surface area contributed by atoms with Gasteiger partial charge in [0.05, 0.1) is 11.1 Å². The van der Waals surface area contributed by atoms with Gasteiger partial charge in [-0.2, -0.15) is 0 Å². The molecule has 0 bridgehead atoms. The van der Waals surface area contributed by atoms with E-state index in [2.05, 4.69) is 5.32 Å². The van der Waals surface area contributed by atoms with E-state index in [1.54, 1.807) is 60.7 Å². The molecular weight excluding hydrogens is 366 g/mol. The van der Waals surface area contributed by atoms with Crippen molar-refractivity contribution in [3.05, 3.63) is 102 Å². The largest absolute Gasteiger partial charge is 0.507 e. The van der Waals surface area contributed by atoms with Crippen molar-refractivity contribution >= 4 is 28.3 Å². The Morgan fingerprint density at radius 1 is 0.759 bits per heavy atom. The van der Waals surface area contributed by atoms with Crippen LogP contribution in [0.3, 0.4) is 0 Å². The molecule has 5 nitrogen and oxygen atoms in total. The zero-order valence-electron chi connectivity index (χ0n) is 15.3.